The molecule has 20 heavy (non-hydrogen) atoms. The highest BCUT2D eigenvalue weighted by molar-refractivity contribution is 9.10. The summed E-state index contributed by atoms with van der Waals surface area (Å²) < 4.78 is 0.949. The first kappa shape index (κ1) is 13.8. The molecule has 0 unspecified atom stereocenters. The number of rotatable bonds is 1. The molecule has 0 aromatic heterocycles. The molecule has 1 aromatic rings. The maximum absolute atomic E-state index is 12.8. The number of hydrogen-bond donors (Lipinski definition) is 0. The van der Waals surface area contributed by atoms with Crippen molar-refractivity contribution in [2.24, 2.45) is 5.41 Å². The van der Waals surface area contributed by atoms with Crippen LogP contribution in [0.1, 0.15) is 44.9 Å². The molecule has 106 valence electrons. The van der Waals surface area contributed by atoms with Gasteiger partial charge in [0.05, 0.1) is 11.1 Å². The van der Waals surface area contributed by atoms with Gasteiger partial charge in [0.1, 0.15) is 0 Å². The van der Waals surface area contributed by atoms with Crippen molar-refractivity contribution in [2.45, 2.75) is 44.9 Å². The van der Waals surface area contributed by atoms with Gasteiger partial charge in [0.15, 0.2) is 0 Å². The highest BCUT2D eigenvalue weighted by atomic mass is 79.9. The van der Waals surface area contributed by atoms with E-state index in [0.717, 1.165) is 30.2 Å². The Morgan fingerprint density at radius 1 is 0.950 bits per heavy atom. The Bertz CT molecular complexity index is 530. The summed E-state index contributed by atoms with van der Waals surface area (Å²) in [6.45, 7) is 0. The number of halogens is 1. The average Bonchev–Trinajstić information content (AvgIpc) is 2.60. The fraction of sp³-hybridized carbons (Fsp3) is 0.500. The molecule has 0 bridgehead atoms. The van der Waals surface area contributed by atoms with Crippen LogP contribution in [0.5, 0.6) is 0 Å². The maximum atomic E-state index is 12.8. The fourth-order valence-electron chi connectivity index (χ4n) is 3.44. The lowest BCUT2D eigenvalue weighted by atomic mass is 9.79. The number of benzene rings is 1. The minimum absolute atomic E-state index is 0.0201. The van der Waals surface area contributed by atoms with Crippen LogP contribution in [0.4, 0.5) is 5.69 Å². The van der Waals surface area contributed by atoms with Crippen LogP contribution in [0, 0.1) is 5.41 Å². The van der Waals surface area contributed by atoms with Gasteiger partial charge >= 0.3 is 0 Å². The smallest absolute Gasteiger partial charge is 0.240 e. The summed E-state index contributed by atoms with van der Waals surface area (Å²) in [4.78, 5) is 26.6. The number of nitrogens with zero attached hydrogens (tertiary/aromatic N) is 1. The van der Waals surface area contributed by atoms with Crippen LogP contribution in [-0.2, 0) is 9.59 Å². The summed E-state index contributed by atoms with van der Waals surface area (Å²) in [5, 5.41) is 0. The molecule has 0 atom stereocenters. The quantitative estimate of drug-likeness (QED) is 0.726. The predicted molar refractivity (Wildman–Crippen MR) is 81.4 cm³/mol. The maximum Gasteiger partial charge on any atom is 0.240 e. The van der Waals surface area contributed by atoms with Gasteiger partial charge in [0.25, 0.3) is 0 Å². The summed E-state index contributed by atoms with van der Waals surface area (Å²) in [5.74, 6) is -0.0223. The molecule has 1 aliphatic heterocycles. The Labute approximate surface area is 127 Å². The lowest BCUT2D eigenvalue weighted by Gasteiger charge is -2.25. The number of carbonyl (C=O) groups excluding carboxylic acids is 2. The number of anilines is 1. The third-order valence-electron chi connectivity index (χ3n) is 4.54. The Hall–Kier alpha value is -1.16. The molecular weight excluding hydrogens is 318 g/mol. The molecule has 2 aliphatic rings. The molecule has 1 saturated carbocycles. The molecule has 1 saturated heterocycles. The molecule has 1 aliphatic carbocycles. The summed E-state index contributed by atoms with van der Waals surface area (Å²) in [6.07, 6.45) is 6.61. The third kappa shape index (κ3) is 2.30. The van der Waals surface area contributed by atoms with E-state index in [-0.39, 0.29) is 11.8 Å². The number of carbonyl (C=O) groups is 2. The van der Waals surface area contributed by atoms with Crippen LogP contribution in [0.3, 0.4) is 0 Å². The van der Waals surface area contributed by atoms with E-state index < -0.39 is 5.41 Å². The molecule has 1 aromatic carbocycles. The molecule has 2 amide bonds. The Morgan fingerprint density at radius 3 is 2.15 bits per heavy atom. The minimum Gasteiger partial charge on any atom is -0.274 e. The van der Waals surface area contributed by atoms with Crippen molar-refractivity contribution >= 4 is 33.4 Å². The van der Waals surface area contributed by atoms with Crippen molar-refractivity contribution < 1.29 is 9.59 Å². The van der Waals surface area contributed by atoms with Gasteiger partial charge in [-0.25, -0.2) is 0 Å². The summed E-state index contributed by atoms with van der Waals surface area (Å²) in [7, 11) is 0. The zero-order valence-corrected chi connectivity index (χ0v) is 13.0. The topological polar surface area (TPSA) is 37.4 Å². The largest absolute Gasteiger partial charge is 0.274 e. The SMILES string of the molecule is O=C1CC2(CCCCCC2)C(=O)N1c1ccc(Br)cc1. The second-order valence-corrected chi connectivity index (χ2v) is 6.80. The van der Waals surface area contributed by atoms with E-state index in [1.807, 2.05) is 24.3 Å². The highest BCUT2D eigenvalue weighted by Crippen LogP contribution is 2.45. The Morgan fingerprint density at radius 2 is 1.55 bits per heavy atom. The predicted octanol–water partition coefficient (Wildman–Crippen LogP) is 4.05. The Kier molecular flexibility index (Phi) is 3.67. The lowest BCUT2D eigenvalue weighted by molar-refractivity contribution is -0.126. The average molecular weight is 336 g/mol. The van der Waals surface area contributed by atoms with E-state index in [0.29, 0.717) is 12.1 Å². The highest BCUT2D eigenvalue weighted by Gasteiger charge is 2.51. The van der Waals surface area contributed by atoms with Gasteiger partial charge in [0.2, 0.25) is 11.8 Å². The molecule has 1 spiro atoms. The van der Waals surface area contributed by atoms with Crippen molar-refractivity contribution in [2.75, 3.05) is 4.90 Å². The van der Waals surface area contributed by atoms with Crippen LogP contribution >= 0.6 is 15.9 Å². The van der Waals surface area contributed by atoms with Gasteiger partial charge < -0.3 is 0 Å². The van der Waals surface area contributed by atoms with Gasteiger partial charge in [-0.15, -0.1) is 0 Å². The van der Waals surface area contributed by atoms with E-state index in [9.17, 15) is 9.59 Å². The van der Waals surface area contributed by atoms with Gasteiger partial charge in [-0.3, -0.25) is 14.5 Å². The molecule has 0 N–H and O–H groups in total. The van der Waals surface area contributed by atoms with E-state index in [2.05, 4.69) is 15.9 Å². The molecule has 2 fully saturated rings. The molecule has 4 heteroatoms. The zero-order valence-electron chi connectivity index (χ0n) is 11.4. The number of imide groups is 1. The normalized spacial score (nSPS) is 22.4. The van der Waals surface area contributed by atoms with Gasteiger partial charge in [-0.1, -0.05) is 41.6 Å². The number of hydrogen-bond acceptors (Lipinski definition) is 2. The fourth-order valence-corrected chi connectivity index (χ4v) is 3.71. The van der Waals surface area contributed by atoms with Crippen molar-refractivity contribution in [3.63, 3.8) is 0 Å². The zero-order chi connectivity index (χ0) is 14.2. The lowest BCUT2D eigenvalue weighted by Crippen LogP contribution is -2.35. The van der Waals surface area contributed by atoms with E-state index in [1.165, 1.54) is 17.7 Å². The first-order valence-electron chi connectivity index (χ1n) is 7.25. The van der Waals surface area contributed by atoms with Crippen molar-refractivity contribution in [3.05, 3.63) is 28.7 Å². The molecule has 3 rings (SSSR count). The molecular formula is C16H18BrNO2. The monoisotopic (exact) mass is 335 g/mol. The van der Waals surface area contributed by atoms with Gasteiger partial charge in [-0.05, 0) is 37.1 Å². The van der Waals surface area contributed by atoms with Crippen molar-refractivity contribution in [1.82, 2.24) is 0 Å². The minimum atomic E-state index is -0.416. The molecule has 3 nitrogen and oxygen atoms in total. The summed E-state index contributed by atoms with van der Waals surface area (Å²) in [6, 6.07) is 7.40. The number of amides is 2. The Balaban J connectivity index is 1.91. The second-order valence-electron chi connectivity index (χ2n) is 5.88. The van der Waals surface area contributed by atoms with Crippen LogP contribution in [-0.4, -0.2) is 11.8 Å². The summed E-state index contributed by atoms with van der Waals surface area (Å²) in [5.41, 5.74) is 0.282. The van der Waals surface area contributed by atoms with Crippen LogP contribution in [0.2, 0.25) is 0 Å². The van der Waals surface area contributed by atoms with Crippen LogP contribution < -0.4 is 4.90 Å². The van der Waals surface area contributed by atoms with E-state index >= 15 is 0 Å². The first-order valence-corrected chi connectivity index (χ1v) is 8.05. The van der Waals surface area contributed by atoms with Crippen LogP contribution in [0.15, 0.2) is 28.7 Å². The summed E-state index contributed by atoms with van der Waals surface area (Å²) >= 11 is 3.38. The van der Waals surface area contributed by atoms with Crippen LogP contribution in [0.25, 0.3) is 0 Å². The van der Waals surface area contributed by atoms with E-state index in [4.69, 9.17) is 0 Å². The van der Waals surface area contributed by atoms with Gasteiger partial charge in [-0.2, -0.15) is 0 Å². The second kappa shape index (κ2) is 5.32. The standard InChI is InChI=1S/C16H18BrNO2/c17-12-5-7-13(8-6-12)18-14(19)11-16(15(18)20)9-3-1-2-4-10-16/h5-8H,1-4,9-11H2. The van der Waals surface area contributed by atoms with E-state index in [1.54, 1.807) is 0 Å². The van der Waals surface area contributed by atoms with Crippen molar-refractivity contribution in [3.8, 4) is 0 Å². The van der Waals surface area contributed by atoms with Gasteiger partial charge in [0, 0.05) is 10.9 Å². The molecule has 1 heterocycles. The third-order valence-corrected chi connectivity index (χ3v) is 5.07. The van der Waals surface area contributed by atoms with Crippen molar-refractivity contribution in [1.29, 1.82) is 0 Å². The molecule has 0 radical (unpaired) electrons. The first-order chi connectivity index (χ1) is 9.62.